The third-order valence-corrected chi connectivity index (χ3v) is 9.91. The summed E-state index contributed by atoms with van der Waals surface area (Å²) in [5, 5.41) is 5.87. The molecule has 1 unspecified atom stereocenters. The number of piperidine rings is 1. The van der Waals surface area contributed by atoms with Gasteiger partial charge in [0.15, 0.2) is 9.84 Å². The zero-order valence-electron chi connectivity index (χ0n) is 18.8. The summed E-state index contributed by atoms with van der Waals surface area (Å²) in [6, 6.07) is 4.93. The highest BCUT2D eigenvalue weighted by Crippen LogP contribution is 2.36. The smallest absolute Gasteiger partial charge is 0.227 e. The maximum Gasteiger partial charge on any atom is 0.227 e. The average molecular weight is 478 g/mol. The van der Waals surface area contributed by atoms with Gasteiger partial charge < -0.3 is 15.5 Å². The second-order valence-corrected chi connectivity index (χ2v) is 12.4. The Labute approximate surface area is 194 Å². The van der Waals surface area contributed by atoms with Gasteiger partial charge in [-0.05, 0) is 61.6 Å². The molecule has 7 nitrogen and oxygen atoms in total. The lowest BCUT2D eigenvalue weighted by atomic mass is 9.85. The molecule has 2 amide bonds. The zero-order chi connectivity index (χ0) is 23.2. The molecule has 33 heavy (non-hydrogen) atoms. The maximum absolute atomic E-state index is 15.0. The third-order valence-electron chi connectivity index (χ3n) is 8.04. The van der Waals surface area contributed by atoms with Gasteiger partial charge in [0.05, 0.1) is 23.1 Å². The summed E-state index contributed by atoms with van der Waals surface area (Å²) in [7, 11) is -2.81. The van der Waals surface area contributed by atoms with E-state index in [0.29, 0.717) is 54.7 Å². The van der Waals surface area contributed by atoms with Gasteiger partial charge in [-0.3, -0.25) is 9.59 Å². The molecule has 3 heterocycles. The fourth-order valence-corrected chi connectivity index (χ4v) is 7.45. The van der Waals surface area contributed by atoms with Gasteiger partial charge in [-0.1, -0.05) is 12.5 Å². The Hall–Kier alpha value is -2.16. The van der Waals surface area contributed by atoms with Crippen molar-refractivity contribution in [1.82, 2.24) is 10.6 Å². The van der Waals surface area contributed by atoms with E-state index in [1.807, 2.05) is 11.0 Å². The van der Waals surface area contributed by atoms with Gasteiger partial charge in [0, 0.05) is 31.6 Å². The predicted octanol–water partition coefficient (Wildman–Crippen LogP) is 1.98. The van der Waals surface area contributed by atoms with Crippen LogP contribution in [0.5, 0.6) is 0 Å². The number of nitrogens with zero attached hydrogens (tertiary/aromatic N) is 1. The molecule has 0 bridgehead atoms. The van der Waals surface area contributed by atoms with Crippen molar-refractivity contribution in [2.75, 3.05) is 36.0 Å². The molecular weight excluding hydrogens is 445 g/mol. The molecule has 2 N–H and O–H groups in total. The van der Waals surface area contributed by atoms with Crippen LogP contribution >= 0.6 is 0 Å². The maximum atomic E-state index is 15.0. The second-order valence-electron chi connectivity index (χ2n) is 10.2. The van der Waals surface area contributed by atoms with Crippen molar-refractivity contribution < 1.29 is 22.4 Å². The summed E-state index contributed by atoms with van der Waals surface area (Å²) in [5.74, 6) is 0.583. The predicted molar refractivity (Wildman–Crippen MR) is 123 cm³/mol. The summed E-state index contributed by atoms with van der Waals surface area (Å²) >= 11 is 0. The standard InChI is InChI=1S/C24H32FN3O4S/c25-21-10-17(20-11-19(27-24(20)30)12-26-23(29)16-2-1-3-16)4-5-22(21)28-8-6-15(7-9-28)18-13-33(31,32)14-18/h4-5,10,15-16,18-20H,1-3,6-9,11-14H2,(H,26,29)(H,27,30)/t19?,20-/m0/s1. The topological polar surface area (TPSA) is 95.6 Å². The molecule has 3 saturated heterocycles. The van der Waals surface area contributed by atoms with Crippen molar-refractivity contribution in [1.29, 1.82) is 0 Å². The van der Waals surface area contributed by atoms with E-state index >= 15 is 4.39 Å². The first-order valence-electron chi connectivity index (χ1n) is 12.1. The molecule has 2 atom stereocenters. The Kier molecular flexibility index (Phi) is 6.09. The highest BCUT2D eigenvalue weighted by molar-refractivity contribution is 7.92. The number of halogens is 1. The largest absolute Gasteiger partial charge is 0.369 e. The number of amides is 2. The first-order valence-corrected chi connectivity index (χ1v) is 13.9. The SMILES string of the molecule is O=C(NCC1C[C@@H](c2ccc(N3CCC(C4CS(=O)(=O)C4)CC3)c(F)c2)C(=O)N1)C1CCC1. The molecule has 1 aliphatic carbocycles. The summed E-state index contributed by atoms with van der Waals surface area (Å²) in [4.78, 5) is 26.6. The van der Waals surface area contributed by atoms with Crippen LogP contribution in [0, 0.1) is 23.6 Å². The van der Waals surface area contributed by atoms with Crippen LogP contribution in [0.15, 0.2) is 18.2 Å². The van der Waals surface area contributed by atoms with Crippen molar-refractivity contribution in [3.8, 4) is 0 Å². The van der Waals surface area contributed by atoms with Crippen molar-refractivity contribution in [3.05, 3.63) is 29.6 Å². The highest BCUT2D eigenvalue weighted by atomic mass is 32.2. The van der Waals surface area contributed by atoms with Gasteiger partial charge in [0.25, 0.3) is 0 Å². The molecule has 1 saturated carbocycles. The fourth-order valence-electron chi connectivity index (χ4n) is 5.70. The van der Waals surface area contributed by atoms with Crippen molar-refractivity contribution in [2.45, 2.75) is 50.5 Å². The minimum absolute atomic E-state index is 0.0667. The van der Waals surface area contributed by atoms with Gasteiger partial charge in [0.2, 0.25) is 11.8 Å². The molecule has 0 aromatic heterocycles. The Morgan fingerprint density at radius 1 is 1.12 bits per heavy atom. The number of hydrogen-bond acceptors (Lipinski definition) is 5. The summed E-state index contributed by atoms with van der Waals surface area (Å²) in [5.41, 5.74) is 1.21. The molecular formula is C24H32FN3O4S. The number of rotatable bonds is 6. The van der Waals surface area contributed by atoms with E-state index < -0.39 is 15.8 Å². The van der Waals surface area contributed by atoms with Crippen LogP contribution in [0.4, 0.5) is 10.1 Å². The molecule has 5 rings (SSSR count). The van der Waals surface area contributed by atoms with Gasteiger partial charge >= 0.3 is 0 Å². The van der Waals surface area contributed by atoms with Crippen LogP contribution in [-0.2, 0) is 19.4 Å². The minimum atomic E-state index is -2.81. The van der Waals surface area contributed by atoms with Crippen LogP contribution in [-0.4, -0.2) is 57.4 Å². The summed E-state index contributed by atoms with van der Waals surface area (Å²) < 4.78 is 37.9. The Morgan fingerprint density at radius 2 is 1.85 bits per heavy atom. The second kappa shape index (κ2) is 8.89. The number of carbonyl (C=O) groups excluding carboxylic acids is 2. The fraction of sp³-hybridized carbons (Fsp3) is 0.667. The number of anilines is 1. The Morgan fingerprint density at radius 3 is 2.45 bits per heavy atom. The van der Waals surface area contributed by atoms with Crippen LogP contribution in [0.1, 0.15) is 50.0 Å². The van der Waals surface area contributed by atoms with Gasteiger partial charge in [-0.15, -0.1) is 0 Å². The Balaban J connectivity index is 1.15. The van der Waals surface area contributed by atoms with E-state index in [2.05, 4.69) is 10.6 Å². The van der Waals surface area contributed by atoms with Crippen LogP contribution in [0.25, 0.3) is 0 Å². The van der Waals surface area contributed by atoms with E-state index in [-0.39, 0.29) is 35.5 Å². The van der Waals surface area contributed by atoms with E-state index in [1.165, 1.54) is 6.07 Å². The number of sulfone groups is 1. The number of carbonyl (C=O) groups is 2. The first kappa shape index (κ1) is 22.6. The van der Waals surface area contributed by atoms with Crippen LogP contribution in [0.2, 0.25) is 0 Å². The van der Waals surface area contributed by atoms with Crippen molar-refractivity contribution in [3.63, 3.8) is 0 Å². The van der Waals surface area contributed by atoms with Crippen LogP contribution in [0.3, 0.4) is 0 Å². The number of benzene rings is 1. The lowest BCUT2D eigenvalue weighted by Crippen LogP contribution is -2.45. The molecule has 1 aromatic carbocycles. The lowest BCUT2D eigenvalue weighted by Gasteiger charge is -2.40. The highest BCUT2D eigenvalue weighted by Gasteiger charge is 2.40. The monoisotopic (exact) mass is 477 g/mol. The number of nitrogens with one attached hydrogen (secondary N) is 2. The minimum Gasteiger partial charge on any atom is -0.369 e. The number of hydrogen-bond donors (Lipinski definition) is 2. The molecule has 0 radical (unpaired) electrons. The normalized spacial score (nSPS) is 28.2. The molecule has 1 aromatic rings. The molecule has 3 aliphatic heterocycles. The molecule has 9 heteroatoms. The first-order chi connectivity index (χ1) is 15.8. The van der Waals surface area contributed by atoms with E-state index in [9.17, 15) is 18.0 Å². The Bertz CT molecular complexity index is 1020. The summed E-state index contributed by atoms with van der Waals surface area (Å²) in [6.45, 7) is 1.84. The zero-order valence-corrected chi connectivity index (χ0v) is 19.6. The quantitative estimate of drug-likeness (QED) is 0.653. The summed E-state index contributed by atoms with van der Waals surface area (Å²) in [6.07, 6.45) is 5.28. The third kappa shape index (κ3) is 4.74. The van der Waals surface area contributed by atoms with E-state index in [1.54, 1.807) is 6.07 Å². The van der Waals surface area contributed by atoms with Gasteiger partial charge in [-0.25, -0.2) is 12.8 Å². The van der Waals surface area contributed by atoms with Crippen molar-refractivity contribution >= 4 is 27.3 Å². The van der Waals surface area contributed by atoms with E-state index in [0.717, 1.165) is 32.1 Å². The van der Waals surface area contributed by atoms with Gasteiger partial charge in [0.1, 0.15) is 5.82 Å². The van der Waals surface area contributed by atoms with Gasteiger partial charge in [-0.2, -0.15) is 0 Å². The molecule has 4 fully saturated rings. The lowest BCUT2D eigenvalue weighted by molar-refractivity contribution is -0.127. The van der Waals surface area contributed by atoms with Crippen LogP contribution < -0.4 is 15.5 Å². The molecule has 0 spiro atoms. The average Bonchev–Trinajstić information content (AvgIpc) is 3.10. The molecule has 180 valence electrons. The van der Waals surface area contributed by atoms with Crippen molar-refractivity contribution in [2.24, 2.45) is 17.8 Å². The molecule has 4 aliphatic rings. The van der Waals surface area contributed by atoms with E-state index in [4.69, 9.17) is 0 Å².